The van der Waals surface area contributed by atoms with Gasteiger partial charge in [-0.1, -0.05) is 69.9 Å². The average Bonchev–Trinajstić information content (AvgIpc) is 2.51. The third-order valence-electron chi connectivity index (χ3n) is 3.95. The van der Waals surface area contributed by atoms with Crippen LogP contribution >= 0.6 is 15.9 Å². The summed E-state index contributed by atoms with van der Waals surface area (Å²) in [4.78, 5) is 0. The van der Waals surface area contributed by atoms with Crippen LogP contribution in [-0.2, 0) is 0 Å². The first kappa shape index (κ1) is 15.1. The van der Waals surface area contributed by atoms with Crippen LogP contribution in [0.5, 0.6) is 0 Å². The summed E-state index contributed by atoms with van der Waals surface area (Å²) in [5.74, 6) is 0. The maximum atomic E-state index is 5.78. The molecule has 3 rings (SSSR count). The molecule has 106 valence electrons. The Morgan fingerprint density at radius 3 is 1.55 bits per heavy atom. The quantitative estimate of drug-likeness (QED) is 0.560. The third kappa shape index (κ3) is 3.03. The number of hydrogen-bond donors (Lipinski definition) is 0. The predicted molar refractivity (Wildman–Crippen MR) is 99.9 cm³/mol. The number of rotatable bonds is 2. The minimum Gasteiger partial charge on any atom is -0.0966 e. The van der Waals surface area contributed by atoms with Crippen molar-refractivity contribution < 1.29 is 0 Å². The van der Waals surface area contributed by atoms with E-state index in [0.29, 0.717) is 0 Å². The van der Waals surface area contributed by atoms with E-state index in [1.165, 1.54) is 33.4 Å². The molecule has 0 fully saturated rings. The van der Waals surface area contributed by atoms with E-state index in [4.69, 9.17) is 7.85 Å². The Balaban J connectivity index is 2.08. The maximum absolute atomic E-state index is 5.78. The summed E-state index contributed by atoms with van der Waals surface area (Å²) in [7, 11) is 5.78. The molecule has 0 unspecified atom stereocenters. The van der Waals surface area contributed by atoms with Gasteiger partial charge in [0.25, 0.3) is 0 Å². The molecule has 0 bridgehead atoms. The summed E-state index contributed by atoms with van der Waals surface area (Å²) in [6.45, 7) is 4.32. The van der Waals surface area contributed by atoms with Gasteiger partial charge in [0, 0.05) is 4.47 Å². The Hall–Kier alpha value is -1.80. The van der Waals surface area contributed by atoms with Crippen LogP contribution in [0.2, 0.25) is 0 Å². The standard InChI is InChI=1S/C20H16BBr/c1-13-12-20(16-5-9-18(22)10-6-16)14(2)11-19(13)15-3-7-17(21)8-4-15/h3-12H,1-2H3. The molecular weight excluding hydrogens is 331 g/mol. The number of halogens is 1. The van der Waals surface area contributed by atoms with Crippen molar-refractivity contribution in [3.63, 3.8) is 0 Å². The van der Waals surface area contributed by atoms with E-state index in [2.05, 4.69) is 78.3 Å². The van der Waals surface area contributed by atoms with Crippen LogP contribution < -0.4 is 5.46 Å². The first-order valence-corrected chi connectivity index (χ1v) is 8.07. The molecule has 0 aromatic heterocycles. The molecule has 0 atom stereocenters. The lowest BCUT2D eigenvalue weighted by Crippen LogP contribution is -1.99. The Kier molecular flexibility index (Phi) is 4.22. The Morgan fingerprint density at radius 2 is 1.09 bits per heavy atom. The SMILES string of the molecule is [B]c1ccc(-c2cc(C)c(-c3ccc(Br)cc3)cc2C)cc1. The zero-order valence-electron chi connectivity index (χ0n) is 12.7. The Bertz CT molecular complexity index is 731. The van der Waals surface area contributed by atoms with Gasteiger partial charge < -0.3 is 0 Å². The molecule has 0 spiro atoms. The van der Waals surface area contributed by atoms with Gasteiger partial charge in [-0.3, -0.25) is 0 Å². The van der Waals surface area contributed by atoms with Crippen LogP contribution in [0.15, 0.2) is 65.1 Å². The van der Waals surface area contributed by atoms with Crippen molar-refractivity contribution >= 4 is 29.2 Å². The second-order valence-electron chi connectivity index (χ2n) is 5.61. The molecule has 0 saturated heterocycles. The van der Waals surface area contributed by atoms with Gasteiger partial charge in [0.2, 0.25) is 0 Å². The molecule has 3 aromatic carbocycles. The molecule has 2 radical (unpaired) electrons. The molecule has 0 aliphatic carbocycles. The number of benzene rings is 3. The van der Waals surface area contributed by atoms with Gasteiger partial charge in [-0.05, 0) is 59.4 Å². The molecule has 0 N–H and O–H groups in total. The summed E-state index contributed by atoms with van der Waals surface area (Å²) in [5, 5.41) is 0. The zero-order chi connectivity index (χ0) is 15.7. The van der Waals surface area contributed by atoms with Crippen molar-refractivity contribution in [2.45, 2.75) is 13.8 Å². The number of aryl methyl sites for hydroxylation is 2. The predicted octanol–water partition coefficient (Wildman–Crippen LogP) is 5.19. The van der Waals surface area contributed by atoms with Gasteiger partial charge in [0.15, 0.2) is 0 Å². The van der Waals surface area contributed by atoms with Gasteiger partial charge >= 0.3 is 0 Å². The molecule has 0 saturated carbocycles. The first-order chi connectivity index (χ1) is 10.5. The van der Waals surface area contributed by atoms with Crippen LogP contribution in [0.25, 0.3) is 22.3 Å². The second-order valence-corrected chi connectivity index (χ2v) is 6.53. The van der Waals surface area contributed by atoms with Gasteiger partial charge in [-0.2, -0.15) is 0 Å². The fourth-order valence-corrected chi connectivity index (χ4v) is 2.99. The summed E-state index contributed by atoms with van der Waals surface area (Å²) in [5.41, 5.74) is 8.34. The summed E-state index contributed by atoms with van der Waals surface area (Å²) in [6, 6.07) is 21.0. The highest BCUT2D eigenvalue weighted by Gasteiger charge is 2.08. The molecular formula is C20H16BBr. The molecule has 0 heterocycles. The molecule has 0 nitrogen and oxygen atoms in total. The van der Waals surface area contributed by atoms with Crippen molar-refractivity contribution in [3.05, 3.63) is 76.3 Å². The highest BCUT2D eigenvalue weighted by molar-refractivity contribution is 9.10. The first-order valence-electron chi connectivity index (χ1n) is 7.28. The van der Waals surface area contributed by atoms with Crippen molar-refractivity contribution in [1.82, 2.24) is 0 Å². The van der Waals surface area contributed by atoms with Gasteiger partial charge in [0.05, 0.1) is 0 Å². The lowest BCUT2D eigenvalue weighted by molar-refractivity contribution is 1.39. The monoisotopic (exact) mass is 346 g/mol. The lowest BCUT2D eigenvalue weighted by Gasteiger charge is -2.13. The number of hydrogen-bond acceptors (Lipinski definition) is 0. The molecule has 22 heavy (non-hydrogen) atoms. The maximum Gasteiger partial charge on any atom is 0.113 e. The van der Waals surface area contributed by atoms with E-state index in [1.807, 2.05) is 12.1 Å². The van der Waals surface area contributed by atoms with Crippen molar-refractivity contribution in [3.8, 4) is 22.3 Å². The van der Waals surface area contributed by atoms with Crippen LogP contribution in [-0.4, -0.2) is 7.85 Å². The van der Waals surface area contributed by atoms with Crippen LogP contribution in [0.4, 0.5) is 0 Å². The Labute approximate surface area is 141 Å². The van der Waals surface area contributed by atoms with Crippen LogP contribution in [0, 0.1) is 13.8 Å². The lowest BCUT2D eigenvalue weighted by atomic mass is 9.89. The highest BCUT2D eigenvalue weighted by Crippen LogP contribution is 2.32. The van der Waals surface area contributed by atoms with E-state index >= 15 is 0 Å². The largest absolute Gasteiger partial charge is 0.113 e. The summed E-state index contributed by atoms with van der Waals surface area (Å²) >= 11 is 3.49. The highest BCUT2D eigenvalue weighted by atomic mass is 79.9. The van der Waals surface area contributed by atoms with Crippen LogP contribution in [0.3, 0.4) is 0 Å². The van der Waals surface area contributed by atoms with E-state index in [-0.39, 0.29) is 0 Å². The van der Waals surface area contributed by atoms with Gasteiger partial charge in [-0.15, -0.1) is 0 Å². The van der Waals surface area contributed by atoms with E-state index in [0.717, 1.165) is 9.94 Å². The van der Waals surface area contributed by atoms with Crippen molar-refractivity contribution in [2.75, 3.05) is 0 Å². The normalized spacial score (nSPS) is 10.7. The molecule has 0 aliphatic rings. The zero-order valence-corrected chi connectivity index (χ0v) is 14.3. The fourth-order valence-electron chi connectivity index (χ4n) is 2.73. The van der Waals surface area contributed by atoms with Gasteiger partial charge in [-0.25, -0.2) is 0 Å². The second kappa shape index (κ2) is 6.14. The van der Waals surface area contributed by atoms with E-state index < -0.39 is 0 Å². The minimum atomic E-state index is 0.796. The fraction of sp³-hybridized carbons (Fsp3) is 0.100. The molecule has 2 heteroatoms. The third-order valence-corrected chi connectivity index (χ3v) is 4.48. The average molecular weight is 347 g/mol. The van der Waals surface area contributed by atoms with Crippen molar-refractivity contribution in [2.24, 2.45) is 0 Å². The van der Waals surface area contributed by atoms with Crippen LogP contribution in [0.1, 0.15) is 11.1 Å². The smallest absolute Gasteiger partial charge is 0.0966 e. The summed E-state index contributed by atoms with van der Waals surface area (Å²) in [6.07, 6.45) is 0. The topological polar surface area (TPSA) is 0 Å². The molecule has 3 aromatic rings. The van der Waals surface area contributed by atoms with E-state index in [1.54, 1.807) is 0 Å². The minimum absolute atomic E-state index is 0.796. The van der Waals surface area contributed by atoms with Gasteiger partial charge in [0.1, 0.15) is 7.85 Å². The molecule has 0 amide bonds. The molecule has 0 aliphatic heterocycles. The summed E-state index contributed by atoms with van der Waals surface area (Å²) < 4.78 is 1.10. The van der Waals surface area contributed by atoms with Crippen molar-refractivity contribution in [1.29, 1.82) is 0 Å². The van der Waals surface area contributed by atoms with E-state index in [9.17, 15) is 0 Å². The Morgan fingerprint density at radius 1 is 0.682 bits per heavy atom.